The van der Waals surface area contributed by atoms with Crippen LogP contribution in [0.3, 0.4) is 0 Å². The minimum absolute atomic E-state index is 0.590. The van der Waals surface area contributed by atoms with Crippen LogP contribution < -0.4 is 0 Å². The minimum atomic E-state index is 0.590. The summed E-state index contributed by atoms with van der Waals surface area (Å²) in [5.41, 5.74) is 0.763. The van der Waals surface area contributed by atoms with Gasteiger partial charge in [0, 0.05) is 30.2 Å². The van der Waals surface area contributed by atoms with Gasteiger partial charge in [-0.2, -0.15) is 0 Å². The lowest BCUT2D eigenvalue weighted by Crippen LogP contribution is -1.99. The van der Waals surface area contributed by atoms with Crippen molar-refractivity contribution >= 4 is 22.6 Å². The van der Waals surface area contributed by atoms with Crippen molar-refractivity contribution in [2.75, 3.05) is 0 Å². The molecule has 0 bridgehead atoms. The second kappa shape index (κ2) is 3.57. The largest absolute Gasteiger partial charge is 0.269 e. The zero-order valence-corrected chi connectivity index (χ0v) is 8.96. The van der Waals surface area contributed by atoms with E-state index < -0.39 is 0 Å². The molecule has 0 aromatic carbocycles. The van der Waals surface area contributed by atoms with Gasteiger partial charge in [0.15, 0.2) is 0 Å². The standard InChI is InChI=1S/C11H7ClN4/c12-9-2-6-13-10-8(9)3-7-16(10)11-14-4-1-5-15-11/h1-7H. The number of hydrogen-bond acceptors (Lipinski definition) is 3. The maximum atomic E-state index is 6.06. The first kappa shape index (κ1) is 9.30. The molecule has 0 atom stereocenters. The number of rotatable bonds is 1. The van der Waals surface area contributed by atoms with Gasteiger partial charge in [-0.1, -0.05) is 11.6 Å². The summed E-state index contributed by atoms with van der Waals surface area (Å²) in [5.74, 6) is 0.590. The number of hydrogen-bond donors (Lipinski definition) is 0. The summed E-state index contributed by atoms with van der Waals surface area (Å²) in [6.07, 6.45) is 6.92. The molecule has 3 aromatic rings. The van der Waals surface area contributed by atoms with Crippen LogP contribution in [0.4, 0.5) is 0 Å². The Morgan fingerprint density at radius 2 is 1.81 bits per heavy atom. The van der Waals surface area contributed by atoms with E-state index in [4.69, 9.17) is 11.6 Å². The second-order valence-electron chi connectivity index (χ2n) is 3.26. The molecular formula is C11H7ClN4. The summed E-state index contributed by atoms with van der Waals surface area (Å²) in [6.45, 7) is 0. The lowest BCUT2D eigenvalue weighted by Gasteiger charge is -2.01. The molecule has 3 aromatic heterocycles. The zero-order chi connectivity index (χ0) is 11.0. The van der Waals surface area contributed by atoms with Gasteiger partial charge in [-0.05, 0) is 18.2 Å². The van der Waals surface area contributed by atoms with E-state index in [2.05, 4.69) is 15.0 Å². The number of nitrogens with zero attached hydrogens (tertiary/aromatic N) is 4. The number of aromatic nitrogens is 4. The van der Waals surface area contributed by atoms with Crippen LogP contribution in [0, 0.1) is 0 Å². The molecule has 16 heavy (non-hydrogen) atoms. The van der Waals surface area contributed by atoms with Crippen molar-refractivity contribution in [3.05, 3.63) is 48.0 Å². The molecule has 0 saturated heterocycles. The Labute approximate surface area is 96.6 Å². The number of halogens is 1. The Bertz CT molecular complexity index is 633. The predicted octanol–water partition coefficient (Wildman–Crippen LogP) is 2.47. The van der Waals surface area contributed by atoms with E-state index in [1.54, 1.807) is 35.3 Å². The summed E-state index contributed by atoms with van der Waals surface area (Å²) in [7, 11) is 0. The van der Waals surface area contributed by atoms with Gasteiger partial charge in [0.1, 0.15) is 5.65 Å². The summed E-state index contributed by atoms with van der Waals surface area (Å²) >= 11 is 6.06. The molecule has 0 saturated carbocycles. The maximum absolute atomic E-state index is 6.06. The average Bonchev–Trinajstić information content (AvgIpc) is 2.75. The van der Waals surface area contributed by atoms with E-state index >= 15 is 0 Å². The lowest BCUT2D eigenvalue weighted by atomic mass is 10.3. The highest BCUT2D eigenvalue weighted by Gasteiger charge is 2.07. The molecule has 0 unspecified atom stereocenters. The zero-order valence-electron chi connectivity index (χ0n) is 8.21. The topological polar surface area (TPSA) is 43.6 Å². The third kappa shape index (κ3) is 1.35. The summed E-state index contributed by atoms with van der Waals surface area (Å²) < 4.78 is 1.81. The highest BCUT2D eigenvalue weighted by atomic mass is 35.5. The predicted molar refractivity (Wildman–Crippen MR) is 61.7 cm³/mol. The molecule has 0 amide bonds. The Hall–Kier alpha value is -1.94. The van der Waals surface area contributed by atoms with Gasteiger partial charge in [-0.3, -0.25) is 4.57 Å². The number of pyridine rings is 1. The molecule has 4 nitrogen and oxygen atoms in total. The molecule has 3 rings (SSSR count). The SMILES string of the molecule is Clc1ccnc2c1ccn2-c1ncccn1. The maximum Gasteiger partial charge on any atom is 0.235 e. The first-order valence-electron chi connectivity index (χ1n) is 4.75. The Morgan fingerprint density at radius 1 is 1.00 bits per heavy atom. The van der Waals surface area contributed by atoms with Crippen molar-refractivity contribution < 1.29 is 0 Å². The normalized spacial score (nSPS) is 10.8. The monoisotopic (exact) mass is 230 g/mol. The molecule has 0 aliphatic carbocycles. The van der Waals surface area contributed by atoms with Gasteiger partial charge < -0.3 is 0 Å². The fourth-order valence-electron chi connectivity index (χ4n) is 1.58. The van der Waals surface area contributed by atoms with Crippen molar-refractivity contribution in [1.29, 1.82) is 0 Å². The summed E-state index contributed by atoms with van der Waals surface area (Å²) in [4.78, 5) is 12.6. The van der Waals surface area contributed by atoms with Crippen LogP contribution in [0.25, 0.3) is 17.0 Å². The second-order valence-corrected chi connectivity index (χ2v) is 3.67. The lowest BCUT2D eigenvalue weighted by molar-refractivity contribution is 0.949. The Kier molecular flexibility index (Phi) is 2.08. The van der Waals surface area contributed by atoms with E-state index in [-0.39, 0.29) is 0 Å². The quantitative estimate of drug-likeness (QED) is 0.645. The molecule has 0 radical (unpaired) electrons. The first-order chi connectivity index (χ1) is 7.86. The van der Waals surface area contributed by atoms with E-state index in [9.17, 15) is 0 Å². The van der Waals surface area contributed by atoms with Crippen LogP contribution in [0.15, 0.2) is 43.0 Å². The fraction of sp³-hybridized carbons (Fsp3) is 0. The van der Waals surface area contributed by atoms with Crippen LogP contribution in [0.1, 0.15) is 0 Å². The summed E-state index contributed by atoms with van der Waals surface area (Å²) in [6, 6.07) is 5.44. The molecule has 0 fully saturated rings. The van der Waals surface area contributed by atoms with Gasteiger partial charge in [0.25, 0.3) is 0 Å². The van der Waals surface area contributed by atoms with E-state index in [1.807, 2.05) is 12.3 Å². The minimum Gasteiger partial charge on any atom is -0.269 e. The van der Waals surface area contributed by atoms with Gasteiger partial charge in [-0.25, -0.2) is 15.0 Å². The number of fused-ring (bicyclic) bond motifs is 1. The molecule has 78 valence electrons. The third-order valence-electron chi connectivity index (χ3n) is 2.30. The van der Waals surface area contributed by atoms with Crippen LogP contribution >= 0.6 is 11.6 Å². The van der Waals surface area contributed by atoms with Crippen LogP contribution in [-0.4, -0.2) is 19.5 Å². The van der Waals surface area contributed by atoms with E-state index in [1.165, 1.54) is 0 Å². The molecule has 0 aliphatic rings. The first-order valence-corrected chi connectivity index (χ1v) is 5.13. The van der Waals surface area contributed by atoms with Gasteiger partial charge >= 0.3 is 0 Å². The fourth-order valence-corrected chi connectivity index (χ4v) is 1.79. The van der Waals surface area contributed by atoms with Crippen molar-refractivity contribution in [1.82, 2.24) is 19.5 Å². The Balaban J connectivity index is 2.30. The van der Waals surface area contributed by atoms with Gasteiger partial charge in [0.05, 0.1) is 5.02 Å². The van der Waals surface area contributed by atoms with Crippen LogP contribution in [-0.2, 0) is 0 Å². The van der Waals surface area contributed by atoms with Crippen molar-refractivity contribution in [3.8, 4) is 5.95 Å². The third-order valence-corrected chi connectivity index (χ3v) is 2.63. The van der Waals surface area contributed by atoms with Gasteiger partial charge in [-0.15, -0.1) is 0 Å². The van der Waals surface area contributed by atoms with Crippen molar-refractivity contribution in [2.24, 2.45) is 0 Å². The molecule has 0 N–H and O–H groups in total. The Morgan fingerprint density at radius 3 is 2.62 bits per heavy atom. The van der Waals surface area contributed by atoms with Gasteiger partial charge in [0.2, 0.25) is 5.95 Å². The molecule has 5 heteroatoms. The van der Waals surface area contributed by atoms with E-state index in [0.717, 1.165) is 11.0 Å². The van der Waals surface area contributed by atoms with E-state index in [0.29, 0.717) is 11.0 Å². The molecule has 3 heterocycles. The molecular weight excluding hydrogens is 224 g/mol. The highest BCUT2D eigenvalue weighted by molar-refractivity contribution is 6.35. The van der Waals surface area contributed by atoms with Crippen LogP contribution in [0.5, 0.6) is 0 Å². The highest BCUT2D eigenvalue weighted by Crippen LogP contribution is 2.23. The smallest absolute Gasteiger partial charge is 0.235 e. The van der Waals surface area contributed by atoms with Crippen molar-refractivity contribution in [2.45, 2.75) is 0 Å². The van der Waals surface area contributed by atoms with Crippen LogP contribution in [0.2, 0.25) is 5.02 Å². The average molecular weight is 231 g/mol. The van der Waals surface area contributed by atoms with Crippen molar-refractivity contribution in [3.63, 3.8) is 0 Å². The molecule has 0 spiro atoms. The molecule has 0 aliphatic heterocycles. The summed E-state index contributed by atoms with van der Waals surface area (Å²) in [5, 5.41) is 1.58.